The number of halogens is 3. The molecule has 5 heterocycles. The SMILES string of the molecule is C=CC(=O)Nc1ccc2c(c1)nc(N1CCCCC1)n2C.CNc1nc2ccc(-c3cn[nH]c3)c(C(F)(F)F)n2n1. The zero-order valence-corrected chi connectivity index (χ0v) is 22.5. The van der Waals surface area contributed by atoms with Crippen LogP contribution in [0.3, 0.4) is 0 Å². The molecule has 1 fully saturated rings. The molecule has 5 aromatic rings. The molecule has 1 aromatic carbocycles. The zero-order valence-electron chi connectivity index (χ0n) is 22.5. The van der Waals surface area contributed by atoms with Crippen LogP contribution in [0.15, 0.2) is 55.4 Å². The molecule has 3 N–H and O–H groups in total. The third kappa shape index (κ3) is 5.71. The van der Waals surface area contributed by atoms with Gasteiger partial charge in [0.05, 0.1) is 17.2 Å². The first-order chi connectivity index (χ1) is 19.7. The van der Waals surface area contributed by atoms with E-state index in [0.717, 1.165) is 40.3 Å². The maximum atomic E-state index is 13.3. The zero-order chi connectivity index (χ0) is 29.1. The summed E-state index contributed by atoms with van der Waals surface area (Å²) in [6.45, 7) is 5.59. The molecule has 0 atom stereocenters. The molecule has 4 aromatic heterocycles. The third-order valence-corrected chi connectivity index (χ3v) is 6.75. The van der Waals surface area contributed by atoms with E-state index in [0.29, 0.717) is 5.56 Å². The van der Waals surface area contributed by atoms with Crippen molar-refractivity contribution in [2.75, 3.05) is 35.7 Å². The van der Waals surface area contributed by atoms with Gasteiger partial charge < -0.3 is 20.1 Å². The number of aryl methyl sites for hydroxylation is 1. The van der Waals surface area contributed by atoms with E-state index in [4.69, 9.17) is 4.98 Å². The fourth-order valence-corrected chi connectivity index (χ4v) is 4.79. The molecule has 1 amide bonds. The summed E-state index contributed by atoms with van der Waals surface area (Å²) in [5, 5.41) is 15.4. The number of hydrogen-bond acceptors (Lipinski definition) is 7. The van der Waals surface area contributed by atoms with Gasteiger partial charge in [-0.3, -0.25) is 9.89 Å². The highest BCUT2D eigenvalue weighted by Gasteiger charge is 2.38. The summed E-state index contributed by atoms with van der Waals surface area (Å²) >= 11 is 0. The van der Waals surface area contributed by atoms with Gasteiger partial charge in [-0.15, -0.1) is 5.10 Å². The fourth-order valence-electron chi connectivity index (χ4n) is 4.79. The Bertz CT molecular complexity index is 1680. The number of aromatic nitrogens is 7. The molecular weight excluding hydrogens is 537 g/mol. The van der Waals surface area contributed by atoms with E-state index in [1.807, 2.05) is 25.2 Å². The van der Waals surface area contributed by atoms with E-state index in [9.17, 15) is 18.0 Å². The Morgan fingerprint density at radius 3 is 2.56 bits per heavy atom. The molecule has 1 aliphatic rings. The Kier molecular flexibility index (Phi) is 7.64. The molecule has 0 aliphatic carbocycles. The van der Waals surface area contributed by atoms with Crippen LogP contribution in [-0.4, -0.2) is 60.4 Å². The van der Waals surface area contributed by atoms with Crippen LogP contribution < -0.4 is 15.5 Å². The average molecular weight is 567 g/mol. The minimum absolute atomic E-state index is 0.00805. The van der Waals surface area contributed by atoms with Gasteiger partial charge in [-0.2, -0.15) is 23.3 Å². The molecule has 11 nitrogen and oxygen atoms in total. The lowest BCUT2D eigenvalue weighted by Crippen LogP contribution is -2.31. The van der Waals surface area contributed by atoms with Crippen molar-refractivity contribution in [3.63, 3.8) is 0 Å². The Balaban J connectivity index is 0.000000165. The number of carbonyl (C=O) groups excluding carboxylic acids is 1. The number of alkyl halides is 3. The van der Waals surface area contributed by atoms with Gasteiger partial charge in [0.2, 0.25) is 17.8 Å². The largest absolute Gasteiger partial charge is 0.434 e. The van der Waals surface area contributed by atoms with Gasteiger partial charge in [-0.05, 0) is 55.7 Å². The van der Waals surface area contributed by atoms with Gasteiger partial charge in [0.25, 0.3) is 0 Å². The highest BCUT2D eigenvalue weighted by molar-refractivity contribution is 6.00. The van der Waals surface area contributed by atoms with Crippen molar-refractivity contribution in [1.29, 1.82) is 0 Å². The normalized spacial score (nSPS) is 13.6. The summed E-state index contributed by atoms with van der Waals surface area (Å²) in [5.41, 5.74) is 2.29. The maximum Gasteiger partial charge on any atom is 0.434 e. The molecule has 0 spiro atoms. The number of hydrogen-bond donors (Lipinski definition) is 3. The van der Waals surface area contributed by atoms with Crippen molar-refractivity contribution in [2.45, 2.75) is 25.4 Å². The van der Waals surface area contributed by atoms with E-state index >= 15 is 0 Å². The number of aromatic amines is 1. The molecular formula is C27H29F3N10O. The molecule has 14 heteroatoms. The number of carbonyl (C=O) groups is 1. The van der Waals surface area contributed by atoms with Crippen LogP contribution in [-0.2, 0) is 18.0 Å². The molecule has 6 rings (SSSR count). The fraction of sp³-hybridized carbons (Fsp3) is 0.296. The number of nitrogens with zero attached hydrogens (tertiary/aromatic N) is 7. The number of rotatable bonds is 5. The third-order valence-electron chi connectivity index (χ3n) is 6.75. The summed E-state index contributed by atoms with van der Waals surface area (Å²) < 4.78 is 42.9. The minimum Gasteiger partial charge on any atom is -0.356 e. The summed E-state index contributed by atoms with van der Waals surface area (Å²) in [6, 6.07) is 8.63. The van der Waals surface area contributed by atoms with Crippen LogP contribution in [0, 0.1) is 0 Å². The van der Waals surface area contributed by atoms with E-state index in [1.54, 1.807) is 7.05 Å². The number of pyridine rings is 1. The number of piperidine rings is 1. The van der Waals surface area contributed by atoms with Crippen molar-refractivity contribution in [2.24, 2.45) is 7.05 Å². The van der Waals surface area contributed by atoms with Crippen molar-refractivity contribution in [1.82, 2.24) is 34.3 Å². The number of H-pyrrole nitrogens is 1. The number of fused-ring (bicyclic) bond motifs is 2. The molecule has 0 radical (unpaired) electrons. The van der Waals surface area contributed by atoms with Crippen LogP contribution in [0.25, 0.3) is 27.8 Å². The van der Waals surface area contributed by atoms with Crippen LogP contribution >= 0.6 is 0 Å². The van der Waals surface area contributed by atoms with Crippen LogP contribution in [0.2, 0.25) is 0 Å². The number of benzene rings is 1. The van der Waals surface area contributed by atoms with Crippen molar-refractivity contribution >= 4 is 40.2 Å². The number of amides is 1. The van der Waals surface area contributed by atoms with Crippen molar-refractivity contribution in [3.8, 4) is 11.1 Å². The summed E-state index contributed by atoms with van der Waals surface area (Å²) in [4.78, 5) is 22.4. The van der Waals surface area contributed by atoms with E-state index < -0.39 is 11.9 Å². The molecule has 214 valence electrons. The van der Waals surface area contributed by atoms with Crippen LogP contribution in [0.1, 0.15) is 25.0 Å². The standard InChI is InChI=1S/C16H20N4O.C11H9F3N6/c1-3-15(21)17-12-7-8-14-13(11-12)18-16(19(14)2)20-9-5-4-6-10-20;1-15-10-18-8-3-2-7(6-4-16-17-5-6)9(11(12,13)14)20(8)19-10/h3,7-8,11H,1,4-6,9-10H2,2H3,(H,17,21);2-5H,1H3,(H,15,19)(H,16,17). The highest BCUT2D eigenvalue weighted by Crippen LogP contribution is 2.37. The summed E-state index contributed by atoms with van der Waals surface area (Å²) in [7, 11) is 3.58. The second-order valence-electron chi connectivity index (χ2n) is 9.45. The number of imidazole rings is 1. The summed E-state index contributed by atoms with van der Waals surface area (Å²) in [6.07, 6.45) is 3.18. The Hall–Kier alpha value is -4.88. The van der Waals surface area contributed by atoms with Gasteiger partial charge in [0, 0.05) is 50.2 Å². The monoisotopic (exact) mass is 566 g/mol. The van der Waals surface area contributed by atoms with Gasteiger partial charge in [0.15, 0.2) is 11.3 Å². The molecule has 0 bridgehead atoms. The van der Waals surface area contributed by atoms with Crippen LogP contribution in [0.4, 0.5) is 30.8 Å². The Labute approximate surface area is 233 Å². The van der Waals surface area contributed by atoms with Gasteiger partial charge in [-0.1, -0.05) is 6.58 Å². The lowest BCUT2D eigenvalue weighted by atomic mass is 10.1. The maximum absolute atomic E-state index is 13.3. The predicted octanol–water partition coefficient (Wildman–Crippen LogP) is 4.87. The van der Waals surface area contributed by atoms with E-state index in [-0.39, 0.29) is 23.1 Å². The first-order valence-corrected chi connectivity index (χ1v) is 13.0. The van der Waals surface area contributed by atoms with Crippen LogP contribution in [0.5, 0.6) is 0 Å². The first-order valence-electron chi connectivity index (χ1n) is 13.0. The topological polar surface area (TPSA) is 121 Å². The molecule has 0 unspecified atom stereocenters. The second-order valence-corrected chi connectivity index (χ2v) is 9.45. The predicted molar refractivity (Wildman–Crippen MR) is 151 cm³/mol. The minimum atomic E-state index is -4.56. The molecule has 41 heavy (non-hydrogen) atoms. The quantitative estimate of drug-likeness (QED) is 0.260. The lowest BCUT2D eigenvalue weighted by Gasteiger charge is -2.27. The van der Waals surface area contributed by atoms with Gasteiger partial charge >= 0.3 is 6.18 Å². The smallest absolute Gasteiger partial charge is 0.356 e. The van der Waals surface area contributed by atoms with Crippen molar-refractivity contribution < 1.29 is 18.0 Å². The summed E-state index contributed by atoms with van der Waals surface area (Å²) in [5.74, 6) is 0.929. The van der Waals surface area contributed by atoms with E-state index in [2.05, 4.69) is 47.0 Å². The molecule has 1 saturated heterocycles. The van der Waals surface area contributed by atoms with Gasteiger partial charge in [0.1, 0.15) is 0 Å². The number of anilines is 3. The van der Waals surface area contributed by atoms with Crippen molar-refractivity contribution in [3.05, 3.63) is 61.1 Å². The molecule has 1 aliphatic heterocycles. The van der Waals surface area contributed by atoms with E-state index in [1.165, 1.54) is 49.9 Å². The Morgan fingerprint density at radius 1 is 1.12 bits per heavy atom. The lowest BCUT2D eigenvalue weighted by molar-refractivity contribution is -0.142. The first kappa shape index (κ1) is 27.7. The van der Waals surface area contributed by atoms with Gasteiger partial charge in [-0.25, -0.2) is 9.50 Å². The highest BCUT2D eigenvalue weighted by atomic mass is 19.4. The average Bonchev–Trinajstić information content (AvgIpc) is 3.71. The number of nitrogens with one attached hydrogen (secondary N) is 3. The Morgan fingerprint density at radius 2 is 1.90 bits per heavy atom. The second kappa shape index (κ2) is 11.3. The molecule has 0 saturated carbocycles.